The van der Waals surface area contributed by atoms with Gasteiger partial charge >= 0.3 is 6.09 Å². The molecular weight excluding hydrogens is 278 g/mol. The van der Waals surface area contributed by atoms with Crippen LogP contribution in [-0.2, 0) is 17.8 Å². The molecule has 0 aromatic heterocycles. The maximum atomic E-state index is 11.8. The summed E-state index contributed by atoms with van der Waals surface area (Å²) in [4.78, 5) is 11.8. The SMILES string of the molecule is [CH2]C(O)C(Cc1ccccc1)NC(=O)OCc1ccccc1. The third-order valence-corrected chi connectivity index (χ3v) is 3.28. The highest BCUT2D eigenvalue weighted by Crippen LogP contribution is 2.07. The molecule has 0 aliphatic carbocycles. The Morgan fingerprint density at radius 2 is 1.59 bits per heavy atom. The molecule has 2 atom stereocenters. The molecule has 0 spiro atoms. The summed E-state index contributed by atoms with van der Waals surface area (Å²) in [7, 11) is 0. The molecule has 22 heavy (non-hydrogen) atoms. The Morgan fingerprint density at radius 1 is 1.05 bits per heavy atom. The van der Waals surface area contributed by atoms with Gasteiger partial charge in [-0.2, -0.15) is 0 Å². The van der Waals surface area contributed by atoms with Gasteiger partial charge in [0.25, 0.3) is 0 Å². The number of hydrogen-bond donors (Lipinski definition) is 2. The molecule has 2 aromatic carbocycles. The molecule has 2 unspecified atom stereocenters. The van der Waals surface area contributed by atoms with Gasteiger partial charge in [-0.3, -0.25) is 0 Å². The molecule has 2 rings (SSSR count). The van der Waals surface area contributed by atoms with E-state index in [9.17, 15) is 9.90 Å². The van der Waals surface area contributed by atoms with Crippen molar-refractivity contribution in [3.8, 4) is 0 Å². The van der Waals surface area contributed by atoms with E-state index in [0.717, 1.165) is 11.1 Å². The number of nitrogens with one attached hydrogen (secondary N) is 1. The Kier molecular flexibility index (Phi) is 5.98. The van der Waals surface area contributed by atoms with E-state index in [1.165, 1.54) is 0 Å². The summed E-state index contributed by atoms with van der Waals surface area (Å²) in [5.74, 6) is 0. The first-order chi connectivity index (χ1) is 10.6. The molecular formula is C18H20NO3. The summed E-state index contributed by atoms with van der Waals surface area (Å²) in [5, 5.41) is 12.4. The number of hydrogen-bond acceptors (Lipinski definition) is 3. The van der Waals surface area contributed by atoms with Crippen molar-refractivity contribution in [3.63, 3.8) is 0 Å². The van der Waals surface area contributed by atoms with E-state index in [1.807, 2.05) is 60.7 Å². The molecule has 1 radical (unpaired) electrons. The summed E-state index contributed by atoms with van der Waals surface area (Å²) in [6, 6.07) is 18.5. The second kappa shape index (κ2) is 8.20. The zero-order valence-corrected chi connectivity index (χ0v) is 12.3. The van der Waals surface area contributed by atoms with Gasteiger partial charge < -0.3 is 15.2 Å². The van der Waals surface area contributed by atoms with Gasteiger partial charge in [0.05, 0.1) is 12.1 Å². The lowest BCUT2D eigenvalue weighted by molar-refractivity contribution is 0.117. The number of aliphatic hydroxyl groups is 1. The van der Waals surface area contributed by atoms with Gasteiger partial charge in [-0.05, 0) is 24.5 Å². The lowest BCUT2D eigenvalue weighted by Gasteiger charge is -2.21. The number of benzene rings is 2. The molecule has 2 N–H and O–H groups in total. The van der Waals surface area contributed by atoms with Crippen LogP contribution < -0.4 is 5.32 Å². The van der Waals surface area contributed by atoms with Crippen LogP contribution in [0.2, 0.25) is 0 Å². The predicted octanol–water partition coefficient (Wildman–Crippen LogP) is 2.72. The Morgan fingerprint density at radius 3 is 2.14 bits per heavy atom. The lowest BCUT2D eigenvalue weighted by atomic mass is 10.0. The monoisotopic (exact) mass is 298 g/mol. The maximum Gasteiger partial charge on any atom is 0.407 e. The second-order valence-corrected chi connectivity index (χ2v) is 5.07. The fraction of sp³-hybridized carbons (Fsp3) is 0.222. The van der Waals surface area contributed by atoms with Crippen LogP contribution in [0.1, 0.15) is 11.1 Å². The van der Waals surface area contributed by atoms with Crippen LogP contribution in [0.25, 0.3) is 0 Å². The minimum atomic E-state index is -0.913. The largest absolute Gasteiger partial charge is 0.445 e. The molecule has 2 aromatic rings. The van der Waals surface area contributed by atoms with Crippen LogP contribution in [0.3, 0.4) is 0 Å². The number of amides is 1. The summed E-state index contributed by atoms with van der Waals surface area (Å²) in [6.45, 7) is 3.78. The Hall–Kier alpha value is -2.33. The fourth-order valence-corrected chi connectivity index (χ4v) is 2.07. The molecule has 4 heteroatoms. The lowest BCUT2D eigenvalue weighted by Crippen LogP contribution is -2.43. The Bertz CT molecular complexity index is 569. The van der Waals surface area contributed by atoms with Crippen molar-refractivity contribution in [3.05, 3.63) is 78.7 Å². The summed E-state index contributed by atoms with van der Waals surface area (Å²) in [5.41, 5.74) is 1.92. The van der Waals surface area contributed by atoms with Gasteiger partial charge in [-0.25, -0.2) is 4.79 Å². The molecule has 0 saturated heterocycles. The minimum absolute atomic E-state index is 0.192. The van der Waals surface area contributed by atoms with E-state index in [4.69, 9.17) is 4.74 Å². The third kappa shape index (κ3) is 5.22. The Labute approximate surface area is 130 Å². The van der Waals surface area contributed by atoms with Crippen LogP contribution in [-0.4, -0.2) is 23.3 Å². The molecule has 0 saturated carbocycles. The van der Waals surface area contributed by atoms with Gasteiger partial charge in [-0.15, -0.1) is 0 Å². The van der Waals surface area contributed by atoms with Gasteiger partial charge in [0.2, 0.25) is 0 Å². The van der Waals surface area contributed by atoms with Crippen LogP contribution in [0.15, 0.2) is 60.7 Å². The molecule has 115 valence electrons. The summed E-state index contributed by atoms with van der Waals surface area (Å²) < 4.78 is 5.16. The first-order valence-corrected chi connectivity index (χ1v) is 7.17. The quantitative estimate of drug-likeness (QED) is 0.862. The second-order valence-electron chi connectivity index (χ2n) is 5.07. The van der Waals surface area contributed by atoms with Crippen molar-refractivity contribution in [2.45, 2.75) is 25.2 Å². The number of ether oxygens (including phenoxy) is 1. The van der Waals surface area contributed by atoms with Crippen LogP contribution in [0.4, 0.5) is 4.79 Å². The van der Waals surface area contributed by atoms with Gasteiger partial charge in [0.15, 0.2) is 0 Å². The first-order valence-electron chi connectivity index (χ1n) is 7.17. The van der Waals surface area contributed by atoms with E-state index in [0.29, 0.717) is 6.42 Å². The molecule has 0 fully saturated rings. The van der Waals surface area contributed by atoms with E-state index in [2.05, 4.69) is 12.2 Å². The zero-order chi connectivity index (χ0) is 15.8. The van der Waals surface area contributed by atoms with Crippen molar-refractivity contribution >= 4 is 6.09 Å². The average Bonchev–Trinajstić information content (AvgIpc) is 2.54. The number of carbonyl (C=O) groups excluding carboxylic acids is 1. The van der Waals surface area contributed by atoms with Crippen LogP contribution in [0.5, 0.6) is 0 Å². The van der Waals surface area contributed by atoms with Crippen LogP contribution >= 0.6 is 0 Å². The summed E-state index contributed by atoms with van der Waals surface area (Å²) in [6.07, 6.45) is -0.983. The topological polar surface area (TPSA) is 58.6 Å². The highest BCUT2D eigenvalue weighted by atomic mass is 16.5. The van der Waals surface area contributed by atoms with Crippen molar-refractivity contribution in [1.82, 2.24) is 5.32 Å². The molecule has 1 amide bonds. The fourth-order valence-electron chi connectivity index (χ4n) is 2.07. The highest BCUT2D eigenvalue weighted by molar-refractivity contribution is 5.67. The number of alkyl carbamates (subject to hydrolysis) is 1. The molecule has 0 bridgehead atoms. The van der Waals surface area contributed by atoms with Gasteiger partial charge in [0, 0.05) is 0 Å². The first kappa shape index (κ1) is 16.0. The molecule has 0 aliphatic heterocycles. The molecule has 4 nitrogen and oxygen atoms in total. The van der Waals surface area contributed by atoms with E-state index in [-0.39, 0.29) is 6.61 Å². The summed E-state index contributed by atoms with van der Waals surface area (Å²) >= 11 is 0. The molecule has 0 heterocycles. The van der Waals surface area contributed by atoms with E-state index < -0.39 is 18.2 Å². The smallest absolute Gasteiger partial charge is 0.407 e. The minimum Gasteiger partial charge on any atom is -0.445 e. The number of carbonyl (C=O) groups is 1. The van der Waals surface area contributed by atoms with Gasteiger partial charge in [0.1, 0.15) is 6.61 Å². The van der Waals surface area contributed by atoms with Crippen LogP contribution in [0, 0.1) is 6.92 Å². The van der Waals surface area contributed by atoms with E-state index >= 15 is 0 Å². The Balaban J connectivity index is 1.86. The number of aliphatic hydroxyl groups excluding tert-OH is 1. The van der Waals surface area contributed by atoms with Gasteiger partial charge in [-0.1, -0.05) is 60.7 Å². The normalized spacial score (nSPS) is 13.2. The maximum absolute atomic E-state index is 11.8. The zero-order valence-electron chi connectivity index (χ0n) is 12.3. The average molecular weight is 298 g/mol. The standard InChI is InChI=1S/C18H20NO3/c1-14(20)17(12-15-8-4-2-5-9-15)19-18(21)22-13-16-10-6-3-7-11-16/h2-11,14,17,20H,1,12-13H2,(H,19,21). The third-order valence-electron chi connectivity index (χ3n) is 3.28. The van der Waals surface area contributed by atoms with Crippen molar-refractivity contribution in [2.24, 2.45) is 0 Å². The predicted molar refractivity (Wildman–Crippen MR) is 85.1 cm³/mol. The van der Waals surface area contributed by atoms with Crippen molar-refractivity contribution in [2.75, 3.05) is 0 Å². The van der Waals surface area contributed by atoms with Crippen molar-refractivity contribution in [1.29, 1.82) is 0 Å². The molecule has 0 aliphatic rings. The van der Waals surface area contributed by atoms with Crippen molar-refractivity contribution < 1.29 is 14.6 Å². The number of rotatable bonds is 6. The van der Waals surface area contributed by atoms with E-state index in [1.54, 1.807) is 0 Å². The highest BCUT2D eigenvalue weighted by Gasteiger charge is 2.19.